The molecular formula is C21H34N4O2. The summed E-state index contributed by atoms with van der Waals surface area (Å²) in [5.41, 5.74) is 1.22. The minimum atomic E-state index is 0.289. The molecule has 1 aromatic rings. The second-order valence-corrected chi connectivity index (χ2v) is 7.64. The van der Waals surface area contributed by atoms with Gasteiger partial charge in [0.05, 0.1) is 13.7 Å². The molecule has 0 bridgehead atoms. The predicted molar refractivity (Wildman–Crippen MR) is 110 cm³/mol. The molecule has 27 heavy (non-hydrogen) atoms. The molecule has 3 rings (SSSR count). The summed E-state index contributed by atoms with van der Waals surface area (Å²) in [6.45, 7) is 12.6. The van der Waals surface area contributed by atoms with Gasteiger partial charge < -0.3 is 14.5 Å². The Hall–Kier alpha value is -1.79. The molecule has 6 nitrogen and oxygen atoms in total. The van der Waals surface area contributed by atoms with Crippen LogP contribution in [0.5, 0.6) is 5.75 Å². The van der Waals surface area contributed by atoms with Crippen LogP contribution in [0, 0.1) is 0 Å². The van der Waals surface area contributed by atoms with E-state index in [0.717, 1.165) is 58.1 Å². The van der Waals surface area contributed by atoms with E-state index in [9.17, 15) is 4.79 Å². The smallest absolute Gasteiger partial charge is 0.236 e. The number of methoxy groups -OCH3 is 1. The van der Waals surface area contributed by atoms with Gasteiger partial charge in [-0.1, -0.05) is 6.92 Å². The maximum atomic E-state index is 12.7. The van der Waals surface area contributed by atoms with Gasteiger partial charge in [-0.2, -0.15) is 0 Å². The van der Waals surface area contributed by atoms with E-state index in [2.05, 4.69) is 45.6 Å². The predicted octanol–water partition coefficient (Wildman–Crippen LogP) is 1.76. The van der Waals surface area contributed by atoms with Crippen molar-refractivity contribution in [2.24, 2.45) is 0 Å². The summed E-state index contributed by atoms with van der Waals surface area (Å²) in [6, 6.07) is 8.84. The van der Waals surface area contributed by atoms with Gasteiger partial charge in [0.25, 0.3) is 0 Å². The quantitative estimate of drug-likeness (QED) is 0.759. The van der Waals surface area contributed by atoms with Crippen molar-refractivity contribution in [3.63, 3.8) is 0 Å². The molecule has 0 aromatic heterocycles. The van der Waals surface area contributed by atoms with Crippen molar-refractivity contribution < 1.29 is 9.53 Å². The first kappa shape index (κ1) is 20.0. The van der Waals surface area contributed by atoms with Crippen LogP contribution in [0.1, 0.15) is 20.3 Å². The summed E-state index contributed by atoms with van der Waals surface area (Å²) in [4.78, 5) is 21.9. The van der Waals surface area contributed by atoms with E-state index in [0.29, 0.717) is 12.6 Å². The number of amides is 1. The fraction of sp³-hybridized carbons (Fsp3) is 0.667. The van der Waals surface area contributed by atoms with E-state index in [1.807, 2.05) is 12.1 Å². The Labute approximate surface area is 163 Å². The minimum Gasteiger partial charge on any atom is -0.497 e. The highest BCUT2D eigenvalue weighted by molar-refractivity contribution is 5.78. The summed E-state index contributed by atoms with van der Waals surface area (Å²) < 4.78 is 5.23. The summed E-state index contributed by atoms with van der Waals surface area (Å²) in [5.74, 6) is 1.17. The molecule has 1 atom stereocenters. The van der Waals surface area contributed by atoms with Crippen molar-refractivity contribution in [3.8, 4) is 5.75 Å². The standard InChI is InChI=1S/C21H34N4O2/c1-4-18(2)23-13-15-25(16-14-23)21(26)17-22-9-11-24(12-10-22)19-5-7-20(27-3)8-6-19/h5-8,18H,4,9-17H2,1-3H3. The Kier molecular flexibility index (Phi) is 6.96. The van der Waals surface area contributed by atoms with Crippen LogP contribution in [-0.4, -0.2) is 92.7 Å². The molecule has 1 unspecified atom stereocenters. The molecule has 2 fully saturated rings. The van der Waals surface area contributed by atoms with Gasteiger partial charge >= 0.3 is 0 Å². The number of ether oxygens (including phenoxy) is 1. The average Bonchev–Trinajstić information content (AvgIpc) is 2.74. The summed E-state index contributed by atoms with van der Waals surface area (Å²) in [5, 5.41) is 0. The van der Waals surface area contributed by atoms with Crippen LogP contribution >= 0.6 is 0 Å². The van der Waals surface area contributed by atoms with Crippen molar-refractivity contribution in [2.75, 3.05) is 70.9 Å². The molecule has 2 aliphatic heterocycles. The zero-order valence-electron chi connectivity index (χ0n) is 17.1. The number of carbonyl (C=O) groups excluding carboxylic acids is 1. The van der Waals surface area contributed by atoms with Crippen molar-refractivity contribution in [3.05, 3.63) is 24.3 Å². The molecule has 150 valence electrons. The second kappa shape index (κ2) is 9.42. The van der Waals surface area contributed by atoms with Crippen LogP contribution in [0.25, 0.3) is 0 Å². The van der Waals surface area contributed by atoms with Gasteiger partial charge in [-0.25, -0.2) is 0 Å². The van der Waals surface area contributed by atoms with Crippen LogP contribution in [0.15, 0.2) is 24.3 Å². The largest absolute Gasteiger partial charge is 0.497 e. The van der Waals surface area contributed by atoms with E-state index >= 15 is 0 Å². The lowest BCUT2D eigenvalue weighted by atomic mass is 10.2. The number of nitrogens with zero attached hydrogens (tertiary/aromatic N) is 4. The van der Waals surface area contributed by atoms with Crippen LogP contribution < -0.4 is 9.64 Å². The Morgan fingerprint density at radius 3 is 2.19 bits per heavy atom. The number of piperazine rings is 2. The van der Waals surface area contributed by atoms with Crippen molar-refractivity contribution >= 4 is 11.6 Å². The fourth-order valence-electron chi connectivity index (χ4n) is 3.92. The van der Waals surface area contributed by atoms with Crippen molar-refractivity contribution in [2.45, 2.75) is 26.3 Å². The van der Waals surface area contributed by atoms with Crippen LogP contribution in [0.3, 0.4) is 0 Å². The number of hydrogen-bond donors (Lipinski definition) is 0. The van der Waals surface area contributed by atoms with E-state index in [1.165, 1.54) is 12.1 Å². The summed E-state index contributed by atoms with van der Waals surface area (Å²) >= 11 is 0. The number of rotatable bonds is 6. The highest BCUT2D eigenvalue weighted by atomic mass is 16.5. The van der Waals surface area contributed by atoms with Crippen LogP contribution in [0.4, 0.5) is 5.69 Å². The number of hydrogen-bond acceptors (Lipinski definition) is 5. The summed E-state index contributed by atoms with van der Waals surface area (Å²) in [6.07, 6.45) is 1.17. The van der Waals surface area contributed by atoms with Crippen LogP contribution in [-0.2, 0) is 4.79 Å². The van der Waals surface area contributed by atoms with Gasteiger partial charge in [-0.3, -0.25) is 14.6 Å². The van der Waals surface area contributed by atoms with E-state index in [-0.39, 0.29) is 5.91 Å². The molecular weight excluding hydrogens is 340 g/mol. The van der Waals surface area contributed by atoms with Crippen molar-refractivity contribution in [1.82, 2.24) is 14.7 Å². The third kappa shape index (κ3) is 5.14. The fourth-order valence-corrected chi connectivity index (χ4v) is 3.92. The van der Waals surface area contributed by atoms with Gasteiger partial charge in [-0.15, -0.1) is 0 Å². The molecule has 2 aliphatic rings. The molecule has 0 radical (unpaired) electrons. The van der Waals surface area contributed by atoms with E-state index in [4.69, 9.17) is 4.74 Å². The average molecular weight is 375 g/mol. The molecule has 1 amide bonds. The Bertz CT molecular complexity index is 591. The molecule has 2 saturated heterocycles. The van der Waals surface area contributed by atoms with Gasteiger partial charge in [-0.05, 0) is 37.6 Å². The van der Waals surface area contributed by atoms with Crippen molar-refractivity contribution in [1.29, 1.82) is 0 Å². The first-order valence-electron chi connectivity index (χ1n) is 10.2. The molecule has 0 aliphatic carbocycles. The second-order valence-electron chi connectivity index (χ2n) is 7.64. The summed E-state index contributed by atoms with van der Waals surface area (Å²) in [7, 11) is 1.69. The lowest BCUT2D eigenvalue weighted by Crippen LogP contribution is -2.55. The zero-order chi connectivity index (χ0) is 19.2. The maximum Gasteiger partial charge on any atom is 0.236 e. The third-order valence-corrected chi connectivity index (χ3v) is 6.05. The first-order chi connectivity index (χ1) is 13.1. The van der Waals surface area contributed by atoms with Gasteiger partial charge in [0.15, 0.2) is 0 Å². The normalized spacial score (nSPS) is 20.6. The Morgan fingerprint density at radius 1 is 1.00 bits per heavy atom. The highest BCUT2D eigenvalue weighted by Crippen LogP contribution is 2.20. The Morgan fingerprint density at radius 2 is 1.63 bits per heavy atom. The molecule has 2 heterocycles. The molecule has 1 aromatic carbocycles. The third-order valence-electron chi connectivity index (χ3n) is 6.05. The lowest BCUT2D eigenvalue weighted by molar-refractivity contribution is -0.134. The Balaban J connectivity index is 1.42. The van der Waals surface area contributed by atoms with Crippen LogP contribution in [0.2, 0.25) is 0 Å². The number of carbonyl (C=O) groups is 1. The molecule has 0 saturated carbocycles. The van der Waals surface area contributed by atoms with E-state index < -0.39 is 0 Å². The minimum absolute atomic E-state index is 0.289. The van der Waals surface area contributed by atoms with E-state index in [1.54, 1.807) is 7.11 Å². The number of benzene rings is 1. The van der Waals surface area contributed by atoms with Gasteiger partial charge in [0.1, 0.15) is 5.75 Å². The molecule has 0 spiro atoms. The van der Waals surface area contributed by atoms with Gasteiger partial charge in [0, 0.05) is 64.1 Å². The monoisotopic (exact) mass is 374 g/mol. The first-order valence-corrected chi connectivity index (χ1v) is 10.2. The SMILES string of the molecule is CCC(C)N1CCN(C(=O)CN2CCN(c3ccc(OC)cc3)CC2)CC1. The topological polar surface area (TPSA) is 39.3 Å². The number of anilines is 1. The molecule has 6 heteroatoms. The highest BCUT2D eigenvalue weighted by Gasteiger charge is 2.26. The maximum absolute atomic E-state index is 12.7. The lowest BCUT2D eigenvalue weighted by Gasteiger charge is -2.40. The molecule has 0 N–H and O–H groups in total. The van der Waals surface area contributed by atoms with Gasteiger partial charge in [0.2, 0.25) is 5.91 Å². The zero-order valence-corrected chi connectivity index (χ0v) is 17.1.